The Morgan fingerprint density at radius 1 is 0.510 bits per heavy atom. The average Bonchev–Trinajstić information content (AvgIpc) is 3.88. The van der Waals surface area contributed by atoms with Crippen molar-refractivity contribution in [3.8, 4) is 11.1 Å². The molecule has 0 aliphatic carbocycles. The lowest BCUT2D eigenvalue weighted by Crippen LogP contribution is -2.87. The summed E-state index contributed by atoms with van der Waals surface area (Å²) >= 11 is 1.81. The Balaban J connectivity index is 0.989. The van der Waals surface area contributed by atoms with Gasteiger partial charge in [0.1, 0.15) is 34.7 Å². The van der Waals surface area contributed by atoms with E-state index in [9.17, 15) is 0 Å². The number of aliphatic imine (C=N–C) groups is 1. The maximum Gasteiger partial charge on any atom is 0.143 e. The minimum Gasteiger partial charge on any atom is -0.456 e. The predicted molar refractivity (Wildman–Crippen MR) is 210 cm³/mol. The van der Waals surface area contributed by atoms with Crippen LogP contribution in [0.3, 0.4) is 0 Å². The molecule has 10 aromatic rings. The van der Waals surface area contributed by atoms with Crippen LogP contribution in [0, 0.1) is 0 Å². The summed E-state index contributed by atoms with van der Waals surface area (Å²) in [5.41, 5.74) is 9.12. The Labute approximate surface area is 296 Å². The Hall–Kier alpha value is -6.21. The van der Waals surface area contributed by atoms with E-state index in [4.69, 9.17) is 19.1 Å². The Kier molecular flexibility index (Phi) is 6.26. The van der Waals surface area contributed by atoms with Gasteiger partial charge in [0, 0.05) is 58.4 Å². The number of thiophene rings is 1. The number of fused-ring (bicyclic) bond motifs is 9. The minimum absolute atomic E-state index is 0.128. The number of hydrogen-bond donors (Lipinski definition) is 1. The number of nitrogens with two attached hydrogens (primary N) is 1. The molecule has 0 bridgehead atoms. The average molecular weight is 676 g/mol. The first-order valence-corrected chi connectivity index (χ1v) is 18.0. The maximum absolute atomic E-state index is 6.39. The van der Waals surface area contributed by atoms with E-state index in [-0.39, 0.29) is 12.3 Å². The number of quaternary nitrogens is 1. The molecule has 1 aliphatic heterocycles. The van der Waals surface area contributed by atoms with Crippen molar-refractivity contribution in [3.05, 3.63) is 174 Å². The molecule has 2 atom stereocenters. The summed E-state index contributed by atoms with van der Waals surface area (Å²) in [5, 5.41) is 14.5. The van der Waals surface area contributed by atoms with Gasteiger partial charge in [-0.25, -0.2) is 0 Å². The van der Waals surface area contributed by atoms with Crippen molar-refractivity contribution in [1.82, 2.24) is 0 Å². The van der Waals surface area contributed by atoms with Gasteiger partial charge in [-0.3, -0.25) is 0 Å². The molecular formula is C45H29N3O2S. The van der Waals surface area contributed by atoms with Crippen LogP contribution in [0.4, 0.5) is 0 Å². The third-order valence-electron chi connectivity index (χ3n) is 10.2. The lowest BCUT2D eigenvalue weighted by atomic mass is 10.00. The molecule has 5 nitrogen and oxygen atoms in total. The van der Waals surface area contributed by atoms with Crippen LogP contribution < -0.4 is 5.32 Å². The molecule has 242 valence electrons. The lowest BCUT2D eigenvalue weighted by Gasteiger charge is -2.37. The summed E-state index contributed by atoms with van der Waals surface area (Å²) in [6, 6.07) is 53.3. The van der Waals surface area contributed by atoms with Crippen molar-refractivity contribution in [2.45, 2.75) is 12.3 Å². The van der Waals surface area contributed by atoms with Crippen LogP contribution in [0.25, 0.3) is 80.5 Å². The van der Waals surface area contributed by atoms with Crippen LogP contribution in [-0.4, -0.2) is 5.84 Å². The van der Waals surface area contributed by atoms with Crippen molar-refractivity contribution in [2.75, 3.05) is 0 Å². The molecule has 0 radical (unpaired) electrons. The molecular weight excluding hydrogens is 647 g/mol. The minimum atomic E-state index is -0.179. The standard InChI is InChI=1S/C45H28N3O2S/c1-2-9-26(10-3-1)43-46-44(28-17-20-33-31-11-4-6-15-37(31)49-39(33)24-28)48-45(47-43)29-18-21-34-36-23-27(19-22-40(36)51-41(34)25-29)30-13-8-14-35-32-12-5-7-16-38(32)50-42(30)35/h1-25,43-44,46H/q-1/p+1. The van der Waals surface area contributed by atoms with E-state index in [1.807, 2.05) is 41.7 Å². The highest BCUT2D eigenvalue weighted by Gasteiger charge is 2.23. The van der Waals surface area contributed by atoms with Gasteiger partial charge in [-0.1, -0.05) is 109 Å². The first-order valence-electron chi connectivity index (χ1n) is 17.2. The van der Waals surface area contributed by atoms with Crippen LogP contribution in [-0.2, 0) is 0 Å². The van der Waals surface area contributed by atoms with Gasteiger partial charge in [0.05, 0.1) is 0 Å². The second-order valence-corrected chi connectivity index (χ2v) is 14.3. The zero-order valence-corrected chi connectivity index (χ0v) is 28.1. The fourth-order valence-electron chi connectivity index (χ4n) is 7.71. The molecule has 4 heterocycles. The van der Waals surface area contributed by atoms with Crippen LogP contribution in [0.2, 0.25) is 0 Å². The molecule has 0 saturated heterocycles. The smallest absolute Gasteiger partial charge is 0.143 e. The van der Waals surface area contributed by atoms with Crippen LogP contribution in [0.5, 0.6) is 0 Å². The largest absolute Gasteiger partial charge is 0.456 e. The summed E-state index contributed by atoms with van der Waals surface area (Å²) in [4.78, 5) is 5.22. The predicted octanol–water partition coefficient (Wildman–Crippen LogP) is 11.6. The van der Waals surface area contributed by atoms with E-state index in [2.05, 4.69) is 127 Å². The van der Waals surface area contributed by atoms with Gasteiger partial charge in [-0.05, 0) is 59.4 Å². The number of para-hydroxylation sites is 3. The van der Waals surface area contributed by atoms with Gasteiger partial charge in [0.15, 0.2) is 0 Å². The first kappa shape index (κ1) is 28.6. The number of amidine groups is 1. The SMILES string of the molecule is c1ccc(C2N=C(c3ccc4c(c3)sc3ccc(-c5cccc6c5oc5ccccc56)cc34)[N-]C(c3ccc4c(c3)oc3ccccc34)[NH2+]2)cc1. The second-order valence-electron chi connectivity index (χ2n) is 13.2. The van der Waals surface area contributed by atoms with E-state index < -0.39 is 0 Å². The highest BCUT2D eigenvalue weighted by atomic mass is 32.1. The fourth-order valence-corrected chi connectivity index (χ4v) is 8.84. The van der Waals surface area contributed by atoms with Crippen molar-refractivity contribution >= 4 is 81.2 Å². The molecule has 0 spiro atoms. The van der Waals surface area contributed by atoms with Crippen LogP contribution in [0.1, 0.15) is 29.0 Å². The van der Waals surface area contributed by atoms with E-state index in [1.165, 1.54) is 20.2 Å². The Morgan fingerprint density at radius 2 is 1.24 bits per heavy atom. The van der Waals surface area contributed by atoms with E-state index in [0.717, 1.165) is 77.5 Å². The van der Waals surface area contributed by atoms with E-state index in [0.29, 0.717) is 0 Å². The van der Waals surface area contributed by atoms with Crippen molar-refractivity contribution < 1.29 is 14.2 Å². The summed E-state index contributed by atoms with van der Waals surface area (Å²) < 4.78 is 15.1. The first-order chi connectivity index (χ1) is 25.2. The fraction of sp³-hybridized carbons (Fsp3) is 0.0444. The molecule has 7 aromatic carbocycles. The maximum atomic E-state index is 6.39. The highest BCUT2D eigenvalue weighted by Crippen LogP contribution is 2.41. The van der Waals surface area contributed by atoms with E-state index in [1.54, 1.807) is 0 Å². The molecule has 1 aliphatic rings. The normalized spacial score (nSPS) is 16.4. The number of rotatable bonds is 4. The molecule has 6 heteroatoms. The van der Waals surface area contributed by atoms with Crippen LogP contribution in [0.15, 0.2) is 165 Å². The van der Waals surface area contributed by atoms with Gasteiger partial charge < -0.3 is 24.5 Å². The molecule has 0 amide bonds. The Morgan fingerprint density at radius 3 is 2.12 bits per heavy atom. The van der Waals surface area contributed by atoms with Crippen molar-refractivity contribution in [1.29, 1.82) is 0 Å². The third kappa shape index (κ3) is 4.61. The van der Waals surface area contributed by atoms with Gasteiger partial charge in [0.2, 0.25) is 0 Å². The topological polar surface area (TPSA) is 69.3 Å². The molecule has 2 N–H and O–H groups in total. The number of benzene rings is 7. The van der Waals surface area contributed by atoms with Gasteiger partial charge in [-0.2, -0.15) is 0 Å². The molecule has 0 fully saturated rings. The molecule has 51 heavy (non-hydrogen) atoms. The summed E-state index contributed by atoms with van der Waals surface area (Å²) in [6.07, 6.45) is -0.307. The van der Waals surface area contributed by atoms with Crippen LogP contribution >= 0.6 is 11.3 Å². The summed E-state index contributed by atoms with van der Waals surface area (Å²) in [7, 11) is 0. The zero-order valence-electron chi connectivity index (χ0n) is 27.3. The monoisotopic (exact) mass is 675 g/mol. The number of hydrogen-bond acceptors (Lipinski definition) is 4. The quantitative estimate of drug-likeness (QED) is 0.202. The zero-order chi connectivity index (χ0) is 33.5. The highest BCUT2D eigenvalue weighted by molar-refractivity contribution is 7.25. The molecule has 3 aromatic heterocycles. The second kappa shape index (κ2) is 11.2. The van der Waals surface area contributed by atoms with E-state index >= 15 is 0 Å². The number of nitrogens with zero attached hydrogens (tertiary/aromatic N) is 2. The summed E-state index contributed by atoms with van der Waals surface area (Å²) in [6.45, 7) is 0. The lowest BCUT2D eigenvalue weighted by molar-refractivity contribution is -0.727. The molecule has 11 rings (SSSR count). The number of furan rings is 2. The van der Waals surface area contributed by atoms with Gasteiger partial charge >= 0.3 is 0 Å². The Bertz CT molecular complexity index is 3010. The molecule has 0 saturated carbocycles. The summed E-state index contributed by atoms with van der Waals surface area (Å²) in [5.74, 6) is 0.762. The molecule has 2 unspecified atom stereocenters. The van der Waals surface area contributed by atoms with Gasteiger partial charge in [-0.15, -0.1) is 11.3 Å². The van der Waals surface area contributed by atoms with Crippen molar-refractivity contribution in [3.63, 3.8) is 0 Å². The van der Waals surface area contributed by atoms with Gasteiger partial charge in [0.25, 0.3) is 0 Å². The third-order valence-corrected chi connectivity index (χ3v) is 11.4. The van der Waals surface area contributed by atoms with Crippen molar-refractivity contribution in [2.24, 2.45) is 4.99 Å².